The molecule has 1 atom stereocenters. The Labute approximate surface area is 143 Å². The lowest BCUT2D eigenvalue weighted by atomic mass is 9.81. The Morgan fingerprint density at radius 3 is 2.33 bits per heavy atom. The number of carboxylic acid groups (broad SMARTS) is 1. The van der Waals surface area contributed by atoms with Crippen LogP contribution in [-0.4, -0.2) is 29.6 Å². The average molecular weight is 333 g/mol. The number of amides is 1. The molecule has 5 nitrogen and oxygen atoms in total. The highest BCUT2D eigenvalue weighted by Crippen LogP contribution is 2.30. The lowest BCUT2D eigenvalue weighted by molar-refractivity contribution is -0.149. The molecule has 1 saturated carbocycles. The van der Waals surface area contributed by atoms with Crippen LogP contribution in [0.25, 0.3) is 0 Å². The van der Waals surface area contributed by atoms with Crippen LogP contribution in [0.15, 0.2) is 24.3 Å². The second-order valence-electron chi connectivity index (χ2n) is 6.58. The van der Waals surface area contributed by atoms with Crippen LogP contribution in [0.1, 0.15) is 63.4 Å². The highest BCUT2D eigenvalue weighted by atomic mass is 16.5. The fraction of sp³-hybridized carbons (Fsp3) is 0.579. The molecule has 1 aromatic carbocycles. The Morgan fingerprint density at radius 1 is 1.21 bits per heavy atom. The average Bonchev–Trinajstić information content (AvgIpc) is 2.60. The number of ether oxygens (including phenoxy) is 1. The van der Waals surface area contributed by atoms with E-state index < -0.39 is 11.5 Å². The zero-order valence-electron chi connectivity index (χ0n) is 14.5. The van der Waals surface area contributed by atoms with Crippen molar-refractivity contribution in [2.45, 2.75) is 63.3 Å². The summed E-state index contributed by atoms with van der Waals surface area (Å²) in [5.41, 5.74) is -0.00506. The Kier molecular flexibility index (Phi) is 6.23. The van der Waals surface area contributed by atoms with Gasteiger partial charge in [0, 0.05) is 6.42 Å². The van der Waals surface area contributed by atoms with Crippen molar-refractivity contribution < 1.29 is 19.4 Å². The van der Waals surface area contributed by atoms with E-state index in [2.05, 4.69) is 5.32 Å². The van der Waals surface area contributed by atoms with Gasteiger partial charge in [0.2, 0.25) is 5.91 Å². The molecule has 1 fully saturated rings. The minimum Gasteiger partial charge on any atom is -0.497 e. The zero-order valence-corrected chi connectivity index (χ0v) is 14.5. The van der Waals surface area contributed by atoms with Gasteiger partial charge in [0.25, 0.3) is 0 Å². The molecule has 0 bridgehead atoms. The first-order valence-corrected chi connectivity index (χ1v) is 8.69. The van der Waals surface area contributed by atoms with Crippen LogP contribution < -0.4 is 10.1 Å². The van der Waals surface area contributed by atoms with Crippen molar-refractivity contribution in [3.8, 4) is 5.75 Å². The summed E-state index contributed by atoms with van der Waals surface area (Å²) in [6.45, 7) is 2.04. The summed E-state index contributed by atoms with van der Waals surface area (Å²) in [4.78, 5) is 24.2. The third-order valence-corrected chi connectivity index (χ3v) is 5.01. The molecule has 0 aliphatic heterocycles. The predicted molar refractivity (Wildman–Crippen MR) is 92.2 cm³/mol. The number of hydrogen-bond donors (Lipinski definition) is 2. The largest absolute Gasteiger partial charge is 0.497 e. The zero-order chi connectivity index (χ0) is 17.6. The van der Waals surface area contributed by atoms with Crippen LogP contribution in [0.4, 0.5) is 0 Å². The van der Waals surface area contributed by atoms with Crippen LogP contribution in [-0.2, 0) is 9.59 Å². The molecule has 0 saturated heterocycles. The van der Waals surface area contributed by atoms with E-state index in [1.807, 2.05) is 31.2 Å². The van der Waals surface area contributed by atoms with E-state index in [0.29, 0.717) is 19.3 Å². The molecule has 1 aliphatic carbocycles. The fourth-order valence-corrected chi connectivity index (χ4v) is 3.46. The normalized spacial score (nSPS) is 17.8. The van der Waals surface area contributed by atoms with Crippen molar-refractivity contribution in [3.05, 3.63) is 29.8 Å². The molecule has 0 radical (unpaired) electrons. The van der Waals surface area contributed by atoms with Gasteiger partial charge in [0.1, 0.15) is 11.3 Å². The van der Waals surface area contributed by atoms with E-state index >= 15 is 0 Å². The van der Waals surface area contributed by atoms with E-state index in [1.54, 1.807) is 7.11 Å². The standard InChI is InChI=1S/C19H27NO4/c1-3-14(15-7-9-16(24-2)10-8-15)13-17(21)20-19(18(22)23)11-5-4-6-12-19/h7-10,14H,3-6,11-13H2,1-2H3,(H,20,21)(H,22,23). The number of hydrogen-bond acceptors (Lipinski definition) is 3. The SMILES string of the molecule is CCC(CC(=O)NC1(C(=O)O)CCCCC1)c1ccc(OC)cc1. The molecule has 0 spiro atoms. The molecule has 1 aliphatic rings. The molecule has 1 aromatic rings. The first-order chi connectivity index (χ1) is 11.5. The van der Waals surface area contributed by atoms with Gasteiger partial charge in [0.05, 0.1) is 7.11 Å². The lowest BCUT2D eigenvalue weighted by Crippen LogP contribution is -2.55. The molecule has 132 valence electrons. The van der Waals surface area contributed by atoms with Gasteiger partial charge < -0.3 is 15.2 Å². The Hall–Kier alpha value is -2.04. The number of nitrogens with one attached hydrogen (secondary N) is 1. The van der Waals surface area contributed by atoms with Gasteiger partial charge in [-0.3, -0.25) is 4.79 Å². The summed E-state index contributed by atoms with van der Waals surface area (Å²) >= 11 is 0. The number of rotatable bonds is 7. The fourth-order valence-electron chi connectivity index (χ4n) is 3.46. The number of aliphatic carboxylic acids is 1. The van der Waals surface area contributed by atoms with E-state index in [4.69, 9.17) is 4.74 Å². The third kappa shape index (κ3) is 4.28. The summed E-state index contributed by atoms with van der Waals surface area (Å²) < 4.78 is 5.16. The predicted octanol–water partition coefficient (Wildman–Crippen LogP) is 3.48. The highest BCUT2D eigenvalue weighted by molar-refractivity contribution is 5.87. The molecular formula is C19H27NO4. The number of carbonyl (C=O) groups is 2. The lowest BCUT2D eigenvalue weighted by Gasteiger charge is -2.34. The second-order valence-corrected chi connectivity index (χ2v) is 6.58. The van der Waals surface area contributed by atoms with Crippen molar-refractivity contribution >= 4 is 11.9 Å². The first-order valence-electron chi connectivity index (χ1n) is 8.69. The Bertz CT molecular complexity index is 561. The van der Waals surface area contributed by atoms with E-state index in [-0.39, 0.29) is 11.8 Å². The van der Waals surface area contributed by atoms with Crippen LogP contribution in [0.3, 0.4) is 0 Å². The quantitative estimate of drug-likeness (QED) is 0.801. The summed E-state index contributed by atoms with van der Waals surface area (Å²) in [6, 6.07) is 7.70. The summed E-state index contributed by atoms with van der Waals surface area (Å²) in [5, 5.41) is 12.4. The van der Waals surface area contributed by atoms with Gasteiger partial charge in [-0.05, 0) is 42.9 Å². The molecule has 1 amide bonds. The Balaban J connectivity index is 2.03. The van der Waals surface area contributed by atoms with Crippen molar-refractivity contribution in [2.24, 2.45) is 0 Å². The van der Waals surface area contributed by atoms with E-state index in [1.165, 1.54) is 0 Å². The van der Waals surface area contributed by atoms with Crippen molar-refractivity contribution in [3.63, 3.8) is 0 Å². The number of benzene rings is 1. The highest BCUT2D eigenvalue weighted by Gasteiger charge is 2.41. The summed E-state index contributed by atoms with van der Waals surface area (Å²) in [6.07, 6.45) is 4.90. The van der Waals surface area contributed by atoms with Gasteiger partial charge in [-0.25, -0.2) is 4.79 Å². The maximum absolute atomic E-state index is 12.5. The summed E-state index contributed by atoms with van der Waals surface area (Å²) in [5.74, 6) is -0.231. The van der Waals surface area contributed by atoms with E-state index in [9.17, 15) is 14.7 Å². The number of methoxy groups -OCH3 is 1. The van der Waals surface area contributed by atoms with Crippen LogP contribution in [0.2, 0.25) is 0 Å². The van der Waals surface area contributed by atoms with Gasteiger partial charge in [0.15, 0.2) is 0 Å². The topological polar surface area (TPSA) is 75.6 Å². The maximum Gasteiger partial charge on any atom is 0.329 e. The molecule has 2 N–H and O–H groups in total. The van der Waals surface area contributed by atoms with Gasteiger partial charge in [-0.1, -0.05) is 38.3 Å². The number of carbonyl (C=O) groups excluding carboxylic acids is 1. The minimum atomic E-state index is -1.08. The molecular weight excluding hydrogens is 306 g/mol. The first kappa shape index (κ1) is 18.3. The van der Waals surface area contributed by atoms with Crippen molar-refractivity contribution in [2.75, 3.05) is 7.11 Å². The van der Waals surface area contributed by atoms with Crippen LogP contribution in [0.5, 0.6) is 5.75 Å². The number of carboxylic acids is 1. The molecule has 24 heavy (non-hydrogen) atoms. The van der Waals surface area contributed by atoms with Crippen LogP contribution >= 0.6 is 0 Å². The van der Waals surface area contributed by atoms with Gasteiger partial charge >= 0.3 is 5.97 Å². The maximum atomic E-state index is 12.5. The minimum absolute atomic E-state index is 0.0744. The Morgan fingerprint density at radius 2 is 1.83 bits per heavy atom. The summed E-state index contributed by atoms with van der Waals surface area (Å²) in [7, 11) is 1.62. The molecule has 0 heterocycles. The third-order valence-electron chi connectivity index (χ3n) is 5.01. The monoisotopic (exact) mass is 333 g/mol. The van der Waals surface area contributed by atoms with E-state index in [0.717, 1.165) is 37.0 Å². The van der Waals surface area contributed by atoms with Crippen LogP contribution in [0, 0.1) is 0 Å². The van der Waals surface area contributed by atoms with Crippen molar-refractivity contribution in [1.82, 2.24) is 5.32 Å². The van der Waals surface area contributed by atoms with Crippen molar-refractivity contribution in [1.29, 1.82) is 0 Å². The molecule has 1 unspecified atom stereocenters. The van der Waals surface area contributed by atoms with Gasteiger partial charge in [-0.15, -0.1) is 0 Å². The van der Waals surface area contributed by atoms with Gasteiger partial charge in [-0.2, -0.15) is 0 Å². The molecule has 0 aromatic heterocycles. The molecule has 5 heteroatoms. The second kappa shape index (κ2) is 8.18. The smallest absolute Gasteiger partial charge is 0.329 e. The molecule has 2 rings (SSSR count).